The van der Waals surface area contributed by atoms with Crippen LogP contribution in [0.2, 0.25) is 0 Å². The highest BCUT2D eigenvalue weighted by Crippen LogP contribution is 2.15. The number of ether oxygens (including phenoxy) is 2. The van der Waals surface area contributed by atoms with Crippen LogP contribution in [0.15, 0.2) is 36.7 Å². The van der Waals surface area contributed by atoms with Crippen LogP contribution >= 0.6 is 0 Å². The molecule has 2 amide bonds. The summed E-state index contributed by atoms with van der Waals surface area (Å²) in [5.41, 5.74) is 1.67. The molecule has 0 spiro atoms. The van der Waals surface area contributed by atoms with Crippen LogP contribution in [-0.4, -0.2) is 47.5 Å². The molecule has 2 N–H and O–H groups in total. The molecule has 1 aromatic carbocycles. The molecule has 3 rings (SSSR count). The summed E-state index contributed by atoms with van der Waals surface area (Å²) in [5.74, 6) is 0.427. The Balaban J connectivity index is 1.36. The SMILES string of the molecule is Cc1cccc(OCCNC(=O)Cn2cc(NC(=O)C3CCCO3)cn2)c1. The van der Waals surface area contributed by atoms with Gasteiger partial charge in [-0.1, -0.05) is 12.1 Å². The molecule has 0 aliphatic carbocycles. The summed E-state index contributed by atoms with van der Waals surface area (Å²) in [6.07, 6.45) is 4.36. The Morgan fingerprint density at radius 3 is 3.07 bits per heavy atom. The van der Waals surface area contributed by atoms with E-state index in [1.807, 2.05) is 31.2 Å². The molecule has 0 bridgehead atoms. The van der Waals surface area contributed by atoms with Crippen molar-refractivity contribution in [2.45, 2.75) is 32.4 Å². The number of carbonyl (C=O) groups excluding carboxylic acids is 2. The highest BCUT2D eigenvalue weighted by atomic mass is 16.5. The molecule has 2 aromatic rings. The van der Waals surface area contributed by atoms with Gasteiger partial charge in [0.15, 0.2) is 0 Å². The normalized spacial score (nSPS) is 16.1. The smallest absolute Gasteiger partial charge is 0.253 e. The van der Waals surface area contributed by atoms with Crippen molar-refractivity contribution >= 4 is 17.5 Å². The van der Waals surface area contributed by atoms with Gasteiger partial charge in [0.05, 0.1) is 18.4 Å². The van der Waals surface area contributed by atoms with Gasteiger partial charge in [0.1, 0.15) is 25.0 Å². The molecule has 2 heterocycles. The second kappa shape index (κ2) is 9.18. The monoisotopic (exact) mass is 372 g/mol. The molecule has 1 atom stereocenters. The number of aromatic nitrogens is 2. The van der Waals surface area contributed by atoms with Crippen molar-refractivity contribution in [3.8, 4) is 5.75 Å². The Morgan fingerprint density at radius 2 is 2.30 bits per heavy atom. The van der Waals surface area contributed by atoms with Crippen molar-refractivity contribution in [2.24, 2.45) is 0 Å². The Kier molecular flexibility index (Phi) is 6.43. The lowest BCUT2D eigenvalue weighted by Crippen LogP contribution is -2.31. The van der Waals surface area contributed by atoms with E-state index in [-0.39, 0.29) is 18.4 Å². The lowest BCUT2D eigenvalue weighted by molar-refractivity contribution is -0.124. The third-order valence-electron chi connectivity index (χ3n) is 4.11. The molecule has 8 nitrogen and oxygen atoms in total. The highest BCUT2D eigenvalue weighted by Gasteiger charge is 2.23. The number of carbonyl (C=O) groups is 2. The van der Waals surface area contributed by atoms with Gasteiger partial charge in [-0.2, -0.15) is 5.10 Å². The van der Waals surface area contributed by atoms with Crippen LogP contribution in [0.3, 0.4) is 0 Å². The zero-order valence-electron chi connectivity index (χ0n) is 15.3. The van der Waals surface area contributed by atoms with E-state index in [2.05, 4.69) is 15.7 Å². The summed E-state index contributed by atoms with van der Waals surface area (Å²) in [4.78, 5) is 24.0. The maximum Gasteiger partial charge on any atom is 0.253 e. The van der Waals surface area contributed by atoms with Crippen molar-refractivity contribution in [3.05, 3.63) is 42.2 Å². The van der Waals surface area contributed by atoms with Crippen molar-refractivity contribution in [3.63, 3.8) is 0 Å². The molecule has 1 aliphatic rings. The van der Waals surface area contributed by atoms with E-state index in [1.54, 1.807) is 6.20 Å². The number of hydrogen-bond acceptors (Lipinski definition) is 5. The topological polar surface area (TPSA) is 94.5 Å². The van der Waals surface area contributed by atoms with Crippen molar-refractivity contribution in [1.29, 1.82) is 0 Å². The van der Waals surface area contributed by atoms with Gasteiger partial charge in [-0.25, -0.2) is 0 Å². The number of anilines is 1. The zero-order valence-corrected chi connectivity index (χ0v) is 15.3. The molecule has 0 saturated carbocycles. The van der Waals surface area contributed by atoms with Crippen molar-refractivity contribution < 1.29 is 19.1 Å². The maximum absolute atomic E-state index is 12.0. The fourth-order valence-electron chi connectivity index (χ4n) is 2.79. The number of amides is 2. The standard InChI is InChI=1S/C19H24N4O4/c1-14-4-2-5-16(10-14)26-9-7-20-18(24)13-23-12-15(11-21-23)22-19(25)17-6-3-8-27-17/h2,4-5,10-12,17H,3,6-9,13H2,1H3,(H,20,24)(H,22,25). The van der Waals surface area contributed by atoms with Gasteiger partial charge in [-0.3, -0.25) is 14.3 Å². The van der Waals surface area contributed by atoms with Gasteiger partial charge in [-0.05, 0) is 37.5 Å². The second-order valence-corrected chi connectivity index (χ2v) is 6.43. The molecule has 1 aromatic heterocycles. The predicted molar refractivity (Wildman–Crippen MR) is 99.5 cm³/mol. The Hall–Kier alpha value is -2.87. The molecule has 1 fully saturated rings. The van der Waals surface area contributed by atoms with Gasteiger partial charge in [-0.15, -0.1) is 0 Å². The molecule has 1 aliphatic heterocycles. The number of benzene rings is 1. The quantitative estimate of drug-likeness (QED) is 0.685. The first-order chi connectivity index (χ1) is 13.1. The average molecular weight is 372 g/mol. The van der Waals surface area contributed by atoms with Crippen LogP contribution in [0.4, 0.5) is 5.69 Å². The van der Waals surface area contributed by atoms with Crippen LogP contribution < -0.4 is 15.4 Å². The molecule has 0 radical (unpaired) electrons. The van der Waals surface area contributed by atoms with Crippen LogP contribution in [-0.2, 0) is 20.9 Å². The van der Waals surface area contributed by atoms with Gasteiger partial charge >= 0.3 is 0 Å². The Morgan fingerprint density at radius 1 is 1.41 bits per heavy atom. The molecule has 1 unspecified atom stereocenters. The fraction of sp³-hybridized carbons (Fsp3) is 0.421. The van der Waals surface area contributed by atoms with E-state index in [0.717, 1.165) is 24.2 Å². The van der Waals surface area contributed by atoms with Gasteiger partial charge in [0, 0.05) is 12.8 Å². The van der Waals surface area contributed by atoms with Crippen LogP contribution in [0, 0.1) is 6.92 Å². The Bertz CT molecular complexity index is 784. The fourth-order valence-corrected chi connectivity index (χ4v) is 2.79. The highest BCUT2D eigenvalue weighted by molar-refractivity contribution is 5.94. The Labute approximate surface area is 157 Å². The van der Waals surface area contributed by atoms with Gasteiger partial charge in [0.2, 0.25) is 5.91 Å². The zero-order chi connectivity index (χ0) is 19.1. The molecule has 8 heteroatoms. The molecule has 1 saturated heterocycles. The average Bonchev–Trinajstić information content (AvgIpc) is 3.31. The lowest BCUT2D eigenvalue weighted by atomic mass is 10.2. The first-order valence-electron chi connectivity index (χ1n) is 9.01. The molecular formula is C19H24N4O4. The summed E-state index contributed by atoms with van der Waals surface area (Å²) in [5, 5.41) is 9.62. The number of rotatable bonds is 8. The number of nitrogens with one attached hydrogen (secondary N) is 2. The van der Waals surface area contributed by atoms with Crippen molar-refractivity contribution in [2.75, 3.05) is 25.1 Å². The minimum atomic E-state index is -0.398. The largest absolute Gasteiger partial charge is 0.492 e. The third kappa shape index (κ3) is 5.82. The van der Waals surface area contributed by atoms with E-state index >= 15 is 0 Å². The number of aryl methyl sites for hydroxylation is 1. The lowest BCUT2D eigenvalue weighted by Gasteiger charge is -2.09. The van der Waals surface area contributed by atoms with Gasteiger partial charge < -0.3 is 20.1 Å². The van der Waals surface area contributed by atoms with Crippen LogP contribution in [0.25, 0.3) is 0 Å². The minimum absolute atomic E-state index is 0.0697. The molecule has 27 heavy (non-hydrogen) atoms. The minimum Gasteiger partial charge on any atom is -0.492 e. The summed E-state index contributed by atoms with van der Waals surface area (Å²) < 4.78 is 12.4. The van der Waals surface area contributed by atoms with Crippen molar-refractivity contribution in [1.82, 2.24) is 15.1 Å². The summed E-state index contributed by atoms with van der Waals surface area (Å²) >= 11 is 0. The first kappa shape index (κ1) is 18.9. The second-order valence-electron chi connectivity index (χ2n) is 6.43. The molecular weight excluding hydrogens is 348 g/mol. The number of hydrogen-bond donors (Lipinski definition) is 2. The predicted octanol–water partition coefficient (Wildman–Crippen LogP) is 1.50. The molecule has 144 valence electrons. The first-order valence-corrected chi connectivity index (χ1v) is 9.01. The van der Waals surface area contributed by atoms with Crippen LogP contribution in [0.1, 0.15) is 18.4 Å². The van der Waals surface area contributed by atoms with E-state index in [1.165, 1.54) is 10.9 Å². The summed E-state index contributed by atoms with van der Waals surface area (Å²) in [7, 11) is 0. The summed E-state index contributed by atoms with van der Waals surface area (Å²) in [6, 6.07) is 7.75. The van der Waals surface area contributed by atoms with E-state index in [0.29, 0.717) is 25.4 Å². The van der Waals surface area contributed by atoms with E-state index in [4.69, 9.17) is 9.47 Å². The maximum atomic E-state index is 12.0. The van der Waals surface area contributed by atoms with E-state index < -0.39 is 6.10 Å². The van der Waals surface area contributed by atoms with E-state index in [9.17, 15) is 9.59 Å². The third-order valence-corrected chi connectivity index (χ3v) is 4.11. The number of nitrogens with zero attached hydrogens (tertiary/aromatic N) is 2. The summed E-state index contributed by atoms with van der Waals surface area (Å²) in [6.45, 7) is 3.47. The van der Waals surface area contributed by atoms with Gasteiger partial charge in [0.25, 0.3) is 5.91 Å². The van der Waals surface area contributed by atoms with Crippen LogP contribution in [0.5, 0.6) is 5.75 Å².